The molecule has 2 nitrogen and oxygen atoms in total. The molecule has 0 bridgehead atoms. The number of benzene rings is 2. The molecular formula is C15H13ClO2. The van der Waals surface area contributed by atoms with Crippen molar-refractivity contribution in [3.05, 3.63) is 70.2 Å². The minimum absolute atomic E-state index is 0.604. The predicted molar refractivity (Wildman–Crippen MR) is 72.1 cm³/mol. The van der Waals surface area contributed by atoms with Gasteiger partial charge in [0.2, 0.25) is 0 Å². The van der Waals surface area contributed by atoms with E-state index in [9.17, 15) is 9.90 Å². The standard InChI is InChI=1S/C15H13ClO2/c1-10-2-4-11(5-3-10)14(15(17)18)12-6-8-13(16)9-7-12/h2-9,14H,1H3,(H,17,18)/t14-/m0/s1. The van der Waals surface area contributed by atoms with Crippen molar-refractivity contribution in [2.75, 3.05) is 0 Å². The van der Waals surface area contributed by atoms with Gasteiger partial charge in [-0.2, -0.15) is 0 Å². The highest BCUT2D eigenvalue weighted by Crippen LogP contribution is 2.26. The van der Waals surface area contributed by atoms with Crippen molar-refractivity contribution in [1.82, 2.24) is 0 Å². The molecule has 0 aliphatic carbocycles. The van der Waals surface area contributed by atoms with Crippen LogP contribution < -0.4 is 0 Å². The van der Waals surface area contributed by atoms with E-state index in [0.717, 1.165) is 16.7 Å². The first-order valence-electron chi connectivity index (χ1n) is 5.63. The topological polar surface area (TPSA) is 37.3 Å². The Balaban J connectivity index is 2.43. The van der Waals surface area contributed by atoms with Gasteiger partial charge < -0.3 is 5.11 Å². The normalized spacial score (nSPS) is 12.1. The summed E-state index contributed by atoms with van der Waals surface area (Å²) in [7, 11) is 0. The summed E-state index contributed by atoms with van der Waals surface area (Å²) in [6.45, 7) is 1.97. The summed E-state index contributed by atoms with van der Waals surface area (Å²) in [6, 6.07) is 14.5. The summed E-state index contributed by atoms with van der Waals surface area (Å²) in [6.07, 6.45) is 0. The van der Waals surface area contributed by atoms with E-state index in [-0.39, 0.29) is 0 Å². The van der Waals surface area contributed by atoms with Crippen LogP contribution in [0.4, 0.5) is 0 Å². The Kier molecular flexibility index (Phi) is 3.68. The van der Waals surface area contributed by atoms with Crippen LogP contribution in [-0.4, -0.2) is 11.1 Å². The summed E-state index contributed by atoms with van der Waals surface area (Å²) in [4.78, 5) is 11.4. The molecule has 0 spiro atoms. The van der Waals surface area contributed by atoms with Crippen LogP contribution in [0.15, 0.2) is 48.5 Å². The Morgan fingerprint density at radius 3 is 1.89 bits per heavy atom. The molecule has 92 valence electrons. The number of carboxylic acids is 1. The largest absolute Gasteiger partial charge is 0.481 e. The predicted octanol–water partition coefficient (Wildman–Crippen LogP) is 3.86. The zero-order valence-electron chi connectivity index (χ0n) is 9.93. The number of halogens is 1. The zero-order valence-corrected chi connectivity index (χ0v) is 10.7. The van der Waals surface area contributed by atoms with Crippen molar-refractivity contribution in [2.45, 2.75) is 12.8 Å². The van der Waals surface area contributed by atoms with Crippen LogP contribution in [-0.2, 0) is 4.79 Å². The Hall–Kier alpha value is -1.80. The summed E-state index contributed by atoms with van der Waals surface area (Å²) >= 11 is 5.82. The molecule has 0 aliphatic rings. The van der Waals surface area contributed by atoms with E-state index in [1.807, 2.05) is 31.2 Å². The lowest BCUT2D eigenvalue weighted by molar-refractivity contribution is -0.137. The van der Waals surface area contributed by atoms with Crippen LogP contribution in [0.25, 0.3) is 0 Å². The fourth-order valence-corrected chi connectivity index (χ4v) is 2.02. The third kappa shape index (κ3) is 2.71. The van der Waals surface area contributed by atoms with Gasteiger partial charge in [-0.15, -0.1) is 0 Å². The Labute approximate surface area is 111 Å². The van der Waals surface area contributed by atoms with Gasteiger partial charge in [-0.05, 0) is 30.2 Å². The van der Waals surface area contributed by atoms with Gasteiger partial charge in [-0.1, -0.05) is 53.6 Å². The average Bonchev–Trinajstić information content (AvgIpc) is 2.34. The first-order chi connectivity index (χ1) is 8.58. The Morgan fingerprint density at radius 1 is 1.00 bits per heavy atom. The fraction of sp³-hybridized carbons (Fsp3) is 0.133. The molecular weight excluding hydrogens is 248 g/mol. The lowest BCUT2D eigenvalue weighted by Gasteiger charge is -2.13. The van der Waals surface area contributed by atoms with Gasteiger partial charge in [0.25, 0.3) is 0 Å². The molecule has 3 heteroatoms. The smallest absolute Gasteiger partial charge is 0.315 e. The Morgan fingerprint density at radius 2 is 1.44 bits per heavy atom. The molecule has 0 aromatic heterocycles. The zero-order chi connectivity index (χ0) is 13.1. The van der Waals surface area contributed by atoms with Gasteiger partial charge in [0, 0.05) is 5.02 Å². The molecule has 2 aromatic rings. The third-order valence-electron chi connectivity index (χ3n) is 2.86. The molecule has 1 N–H and O–H groups in total. The lowest BCUT2D eigenvalue weighted by atomic mass is 9.91. The van der Waals surface area contributed by atoms with E-state index >= 15 is 0 Å². The van der Waals surface area contributed by atoms with Crippen molar-refractivity contribution in [3.8, 4) is 0 Å². The summed E-state index contributed by atoms with van der Waals surface area (Å²) in [5.74, 6) is -1.51. The van der Waals surface area contributed by atoms with Crippen LogP contribution in [0.5, 0.6) is 0 Å². The van der Waals surface area contributed by atoms with Crippen molar-refractivity contribution in [3.63, 3.8) is 0 Å². The number of aliphatic carboxylic acids is 1. The molecule has 0 saturated heterocycles. The summed E-state index contributed by atoms with van der Waals surface area (Å²) in [5, 5.41) is 9.99. The van der Waals surface area contributed by atoms with Gasteiger partial charge >= 0.3 is 5.97 Å². The fourth-order valence-electron chi connectivity index (χ4n) is 1.89. The van der Waals surface area contributed by atoms with Crippen LogP contribution in [0, 0.1) is 6.92 Å². The molecule has 0 amide bonds. The quantitative estimate of drug-likeness (QED) is 0.910. The molecule has 0 unspecified atom stereocenters. The molecule has 18 heavy (non-hydrogen) atoms. The molecule has 2 rings (SSSR count). The molecule has 1 atom stereocenters. The second-order valence-electron chi connectivity index (χ2n) is 4.23. The first-order valence-corrected chi connectivity index (χ1v) is 6.00. The lowest BCUT2D eigenvalue weighted by Crippen LogP contribution is -2.12. The number of carboxylic acid groups (broad SMARTS) is 1. The van der Waals surface area contributed by atoms with E-state index in [2.05, 4.69) is 0 Å². The number of rotatable bonds is 3. The van der Waals surface area contributed by atoms with Crippen LogP contribution in [0.1, 0.15) is 22.6 Å². The molecule has 0 heterocycles. The molecule has 0 radical (unpaired) electrons. The highest BCUT2D eigenvalue weighted by Gasteiger charge is 2.21. The molecule has 0 fully saturated rings. The van der Waals surface area contributed by atoms with Crippen LogP contribution in [0.2, 0.25) is 5.02 Å². The summed E-state index contributed by atoms with van der Waals surface area (Å²) in [5.41, 5.74) is 2.62. The average molecular weight is 261 g/mol. The number of hydrogen-bond acceptors (Lipinski definition) is 1. The number of carbonyl (C=O) groups is 1. The van der Waals surface area contributed by atoms with Crippen LogP contribution >= 0.6 is 11.6 Å². The second kappa shape index (κ2) is 5.23. The first kappa shape index (κ1) is 12.7. The van der Waals surface area contributed by atoms with E-state index in [1.54, 1.807) is 24.3 Å². The highest BCUT2D eigenvalue weighted by atomic mass is 35.5. The highest BCUT2D eigenvalue weighted by molar-refractivity contribution is 6.30. The third-order valence-corrected chi connectivity index (χ3v) is 3.11. The van der Waals surface area contributed by atoms with E-state index in [1.165, 1.54) is 0 Å². The van der Waals surface area contributed by atoms with Crippen LogP contribution in [0.3, 0.4) is 0 Å². The minimum Gasteiger partial charge on any atom is -0.481 e. The summed E-state index contributed by atoms with van der Waals surface area (Å²) < 4.78 is 0. The monoisotopic (exact) mass is 260 g/mol. The molecule has 0 aliphatic heterocycles. The van der Waals surface area contributed by atoms with Gasteiger partial charge in [0.15, 0.2) is 0 Å². The van der Waals surface area contributed by atoms with E-state index in [4.69, 9.17) is 11.6 Å². The van der Waals surface area contributed by atoms with E-state index in [0.29, 0.717) is 5.02 Å². The molecule has 0 saturated carbocycles. The SMILES string of the molecule is Cc1ccc([C@H](C(=O)O)c2ccc(Cl)cc2)cc1. The Bertz CT molecular complexity index is 498. The maximum Gasteiger partial charge on any atom is 0.315 e. The van der Waals surface area contributed by atoms with E-state index < -0.39 is 11.9 Å². The maximum absolute atomic E-state index is 11.4. The van der Waals surface area contributed by atoms with Crippen molar-refractivity contribution in [1.29, 1.82) is 0 Å². The van der Waals surface area contributed by atoms with Gasteiger partial charge in [-0.25, -0.2) is 0 Å². The number of hydrogen-bond donors (Lipinski definition) is 1. The van der Waals surface area contributed by atoms with Gasteiger partial charge in [0.05, 0.1) is 0 Å². The van der Waals surface area contributed by atoms with Crippen molar-refractivity contribution < 1.29 is 9.90 Å². The minimum atomic E-state index is -0.860. The van der Waals surface area contributed by atoms with Gasteiger partial charge in [-0.3, -0.25) is 4.79 Å². The van der Waals surface area contributed by atoms with Crippen molar-refractivity contribution >= 4 is 17.6 Å². The second-order valence-corrected chi connectivity index (χ2v) is 4.67. The van der Waals surface area contributed by atoms with Gasteiger partial charge in [0.1, 0.15) is 5.92 Å². The number of aryl methyl sites for hydroxylation is 1. The van der Waals surface area contributed by atoms with Crippen molar-refractivity contribution in [2.24, 2.45) is 0 Å². The maximum atomic E-state index is 11.4. The molecule has 2 aromatic carbocycles.